The molecule has 0 amide bonds. The molecule has 0 aromatic carbocycles. The van der Waals surface area contributed by atoms with Gasteiger partial charge in [0.25, 0.3) is 0 Å². The Morgan fingerprint density at radius 2 is 2.00 bits per heavy atom. The van der Waals surface area contributed by atoms with Gasteiger partial charge in [0.15, 0.2) is 0 Å². The second-order valence-electron chi connectivity index (χ2n) is 5.40. The van der Waals surface area contributed by atoms with Gasteiger partial charge in [0.2, 0.25) is 0 Å². The number of aryl methyl sites for hydroxylation is 1. The standard InChI is InChI=1S/C13H20N2/c1-10-5-6-11(9-15-10)13(14)8-4-7-12(13,2)3/h5-6,9H,4,7-8,14H2,1-3H3. The summed E-state index contributed by atoms with van der Waals surface area (Å²) >= 11 is 0. The predicted molar refractivity (Wildman–Crippen MR) is 62.5 cm³/mol. The van der Waals surface area contributed by atoms with Gasteiger partial charge >= 0.3 is 0 Å². The molecular weight excluding hydrogens is 184 g/mol. The fourth-order valence-electron chi connectivity index (χ4n) is 2.64. The highest BCUT2D eigenvalue weighted by Gasteiger charge is 2.46. The van der Waals surface area contributed by atoms with Crippen LogP contribution < -0.4 is 5.73 Å². The predicted octanol–water partition coefficient (Wildman–Crippen LogP) is 2.75. The summed E-state index contributed by atoms with van der Waals surface area (Å²) < 4.78 is 0. The van der Waals surface area contributed by atoms with Gasteiger partial charge in [-0.15, -0.1) is 0 Å². The van der Waals surface area contributed by atoms with E-state index >= 15 is 0 Å². The highest BCUT2D eigenvalue weighted by atomic mass is 14.8. The van der Waals surface area contributed by atoms with Crippen molar-refractivity contribution in [2.24, 2.45) is 11.1 Å². The third-order valence-electron chi connectivity index (χ3n) is 4.01. The second kappa shape index (κ2) is 3.31. The molecule has 0 bridgehead atoms. The van der Waals surface area contributed by atoms with Crippen LogP contribution in [0.15, 0.2) is 18.3 Å². The lowest BCUT2D eigenvalue weighted by Gasteiger charge is -2.38. The smallest absolute Gasteiger partial charge is 0.0476 e. The van der Waals surface area contributed by atoms with Crippen LogP contribution in [0.5, 0.6) is 0 Å². The molecule has 2 rings (SSSR count). The van der Waals surface area contributed by atoms with Crippen molar-refractivity contribution in [2.45, 2.75) is 45.6 Å². The van der Waals surface area contributed by atoms with Crippen LogP contribution in [0.4, 0.5) is 0 Å². The van der Waals surface area contributed by atoms with Crippen molar-refractivity contribution in [3.05, 3.63) is 29.6 Å². The fourth-order valence-corrected chi connectivity index (χ4v) is 2.64. The van der Waals surface area contributed by atoms with Crippen LogP contribution in [0, 0.1) is 12.3 Å². The monoisotopic (exact) mass is 204 g/mol. The minimum Gasteiger partial charge on any atom is -0.321 e. The normalized spacial score (nSPS) is 29.3. The van der Waals surface area contributed by atoms with Gasteiger partial charge in [0.1, 0.15) is 0 Å². The van der Waals surface area contributed by atoms with E-state index in [-0.39, 0.29) is 11.0 Å². The van der Waals surface area contributed by atoms with Gasteiger partial charge in [-0.1, -0.05) is 26.3 Å². The van der Waals surface area contributed by atoms with Crippen LogP contribution in [0.3, 0.4) is 0 Å². The van der Waals surface area contributed by atoms with E-state index in [4.69, 9.17) is 5.73 Å². The highest BCUT2D eigenvalue weighted by molar-refractivity contribution is 5.26. The Morgan fingerprint density at radius 3 is 2.47 bits per heavy atom. The van der Waals surface area contributed by atoms with Crippen LogP contribution in [-0.4, -0.2) is 4.98 Å². The largest absolute Gasteiger partial charge is 0.321 e. The molecule has 1 heterocycles. The van der Waals surface area contributed by atoms with E-state index in [0.29, 0.717) is 0 Å². The molecule has 1 aromatic rings. The van der Waals surface area contributed by atoms with Gasteiger partial charge < -0.3 is 5.73 Å². The third kappa shape index (κ3) is 1.57. The maximum absolute atomic E-state index is 6.57. The van der Waals surface area contributed by atoms with Crippen molar-refractivity contribution in [1.29, 1.82) is 0 Å². The van der Waals surface area contributed by atoms with E-state index in [9.17, 15) is 0 Å². The molecule has 82 valence electrons. The van der Waals surface area contributed by atoms with Crippen molar-refractivity contribution >= 4 is 0 Å². The molecule has 15 heavy (non-hydrogen) atoms. The maximum Gasteiger partial charge on any atom is 0.0476 e. The highest BCUT2D eigenvalue weighted by Crippen LogP contribution is 2.50. The van der Waals surface area contributed by atoms with Crippen LogP contribution in [0.1, 0.15) is 44.4 Å². The number of hydrogen-bond donors (Lipinski definition) is 1. The zero-order chi connectivity index (χ0) is 11.1. The van der Waals surface area contributed by atoms with Crippen LogP contribution >= 0.6 is 0 Å². The van der Waals surface area contributed by atoms with Crippen LogP contribution in [0.2, 0.25) is 0 Å². The lowest BCUT2D eigenvalue weighted by atomic mass is 9.72. The Hall–Kier alpha value is -0.890. The number of nitrogens with zero attached hydrogens (tertiary/aromatic N) is 1. The number of nitrogens with two attached hydrogens (primary N) is 1. The summed E-state index contributed by atoms with van der Waals surface area (Å²) in [5, 5.41) is 0. The molecule has 0 radical (unpaired) electrons. The zero-order valence-corrected chi connectivity index (χ0v) is 9.88. The molecular formula is C13H20N2. The molecule has 0 spiro atoms. The molecule has 2 nitrogen and oxygen atoms in total. The molecule has 1 atom stereocenters. The van der Waals surface area contributed by atoms with Crippen molar-refractivity contribution in [2.75, 3.05) is 0 Å². The summed E-state index contributed by atoms with van der Waals surface area (Å²) in [5.41, 5.74) is 8.81. The summed E-state index contributed by atoms with van der Waals surface area (Å²) in [4.78, 5) is 4.35. The molecule has 0 aliphatic heterocycles. The SMILES string of the molecule is Cc1ccc(C2(N)CCCC2(C)C)cn1. The summed E-state index contributed by atoms with van der Waals surface area (Å²) in [7, 11) is 0. The van der Waals surface area contributed by atoms with E-state index in [1.54, 1.807) is 0 Å². The topological polar surface area (TPSA) is 38.9 Å². The first-order valence-corrected chi connectivity index (χ1v) is 5.68. The van der Waals surface area contributed by atoms with E-state index < -0.39 is 0 Å². The van der Waals surface area contributed by atoms with Gasteiger partial charge in [-0.3, -0.25) is 4.98 Å². The first-order valence-electron chi connectivity index (χ1n) is 5.68. The quantitative estimate of drug-likeness (QED) is 0.764. The van der Waals surface area contributed by atoms with Crippen molar-refractivity contribution in [1.82, 2.24) is 4.98 Å². The maximum atomic E-state index is 6.57. The molecule has 1 unspecified atom stereocenters. The Labute approximate surface area is 91.9 Å². The average Bonchev–Trinajstić information content (AvgIpc) is 2.43. The third-order valence-corrected chi connectivity index (χ3v) is 4.01. The molecule has 2 heteroatoms. The van der Waals surface area contributed by atoms with Crippen LogP contribution in [0.25, 0.3) is 0 Å². The van der Waals surface area contributed by atoms with Gasteiger partial charge in [-0.25, -0.2) is 0 Å². The second-order valence-corrected chi connectivity index (χ2v) is 5.40. The summed E-state index contributed by atoms with van der Waals surface area (Å²) in [6.07, 6.45) is 5.45. The summed E-state index contributed by atoms with van der Waals surface area (Å²) in [6, 6.07) is 4.19. The molecule has 1 saturated carbocycles. The van der Waals surface area contributed by atoms with E-state index in [1.807, 2.05) is 13.1 Å². The summed E-state index contributed by atoms with van der Waals surface area (Å²) in [6.45, 7) is 6.53. The van der Waals surface area contributed by atoms with E-state index in [2.05, 4.69) is 31.0 Å². The molecule has 2 N–H and O–H groups in total. The Balaban J connectivity index is 2.41. The average molecular weight is 204 g/mol. The Morgan fingerprint density at radius 1 is 1.27 bits per heavy atom. The molecule has 1 aliphatic carbocycles. The van der Waals surface area contributed by atoms with Crippen molar-refractivity contribution in [3.63, 3.8) is 0 Å². The van der Waals surface area contributed by atoms with E-state index in [0.717, 1.165) is 12.1 Å². The number of rotatable bonds is 1. The number of aromatic nitrogens is 1. The fraction of sp³-hybridized carbons (Fsp3) is 0.615. The molecule has 1 fully saturated rings. The van der Waals surface area contributed by atoms with Crippen molar-refractivity contribution < 1.29 is 0 Å². The van der Waals surface area contributed by atoms with Gasteiger partial charge in [-0.05, 0) is 36.8 Å². The summed E-state index contributed by atoms with van der Waals surface area (Å²) in [5.74, 6) is 0. The van der Waals surface area contributed by atoms with Gasteiger partial charge in [0.05, 0.1) is 0 Å². The number of hydrogen-bond acceptors (Lipinski definition) is 2. The lowest BCUT2D eigenvalue weighted by Crippen LogP contribution is -2.45. The molecule has 0 saturated heterocycles. The number of pyridine rings is 1. The minimum absolute atomic E-state index is 0.184. The lowest BCUT2D eigenvalue weighted by molar-refractivity contribution is 0.210. The molecule has 1 aromatic heterocycles. The van der Waals surface area contributed by atoms with E-state index in [1.165, 1.54) is 18.4 Å². The first-order chi connectivity index (χ1) is 6.96. The Kier molecular flexibility index (Phi) is 2.34. The molecule has 1 aliphatic rings. The minimum atomic E-state index is -0.187. The van der Waals surface area contributed by atoms with Gasteiger partial charge in [0, 0.05) is 17.4 Å². The Bertz CT molecular complexity index is 353. The first kappa shape index (κ1) is 10.6. The van der Waals surface area contributed by atoms with Gasteiger partial charge in [-0.2, -0.15) is 0 Å². The van der Waals surface area contributed by atoms with Crippen molar-refractivity contribution in [3.8, 4) is 0 Å². The van der Waals surface area contributed by atoms with Crippen LogP contribution in [-0.2, 0) is 5.54 Å². The zero-order valence-electron chi connectivity index (χ0n) is 9.88.